The van der Waals surface area contributed by atoms with Gasteiger partial charge in [0.25, 0.3) is 0 Å². The Bertz CT molecular complexity index is 812. The van der Waals surface area contributed by atoms with E-state index in [1.54, 1.807) is 37.3 Å². The highest BCUT2D eigenvalue weighted by atomic mass is 127. The van der Waals surface area contributed by atoms with Crippen LogP contribution in [0.15, 0.2) is 36.4 Å². The van der Waals surface area contributed by atoms with Crippen molar-refractivity contribution in [1.29, 1.82) is 0 Å². The minimum atomic E-state index is -0.683. The van der Waals surface area contributed by atoms with Crippen molar-refractivity contribution >= 4 is 40.3 Å². The van der Waals surface area contributed by atoms with E-state index in [-0.39, 0.29) is 22.5 Å². The maximum atomic E-state index is 12.9. The van der Waals surface area contributed by atoms with Crippen LogP contribution in [0.4, 0.5) is 0 Å². The van der Waals surface area contributed by atoms with Crippen molar-refractivity contribution in [2.45, 2.75) is 6.92 Å². The lowest BCUT2D eigenvalue weighted by Gasteiger charge is -2.15. The number of benzene rings is 2. The molecule has 0 aromatic heterocycles. The molecule has 2 rings (SSSR count). The van der Waals surface area contributed by atoms with E-state index in [1.807, 2.05) is 22.6 Å². The van der Waals surface area contributed by atoms with Gasteiger partial charge in [-0.15, -0.1) is 0 Å². The molecular weight excluding hydrogens is 423 g/mol. The largest absolute Gasteiger partial charge is 0.465 e. The minimum Gasteiger partial charge on any atom is -0.465 e. The van der Waals surface area contributed by atoms with E-state index in [0.717, 1.165) is 0 Å². The maximum Gasteiger partial charge on any atom is 0.338 e. The second kappa shape index (κ2) is 7.57. The molecule has 0 fully saturated rings. The summed E-state index contributed by atoms with van der Waals surface area (Å²) in [6, 6.07) is 9.98. The van der Waals surface area contributed by atoms with E-state index in [0.29, 0.717) is 14.7 Å². The summed E-state index contributed by atoms with van der Waals surface area (Å²) >= 11 is 1.96. The first-order valence-electron chi connectivity index (χ1n) is 7.01. The van der Waals surface area contributed by atoms with Gasteiger partial charge in [0.05, 0.1) is 30.9 Å². The molecule has 0 unspecified atom stereocenters. The SMILES string of the molecule is COC(=O)c1cc(C(=O)OC)c(C(=O)c2ccccc2)c(I)c1C. The first-order valence-corrected chi connectivity index (χ1v) is 8.09. The molecule has 0 saturated carbocycles. The first-order chi connectivity index (χ1) is 11.4. The fourth-order valence-electron chi connectivity index (χ4n) is 2.30. The summed E-state index contributed by atoms with van der Waals surface area (Å²) in [6.45, 7) is 1.71. The predicted molar refractivity (Wildman–Crippen MR) is 96.4 cm³/mol. The second-order valence-corrected chi connectivity index (χ2v) is 6.04. The van der Waals surface area contributed by atoms with Gasteiger partial charge in [-0.3, -0.25) is 4.79 Å². The molecule has 5 nitrogen and oxygen atoms in total. The molecule has 0 amide bonds. The number of methoxy groups -OCH3 is 2. The molecule has 124 valence electrons. The van der Waals surface area contributed by atoms with Crippen LogP contribution < -0.4 is 0 Å². The lowest BCUT2D eigenvalue weighted by molar-refractivity contribution is 0.0595. The zero-order valence-corrected chi connectivity index (χ0v) is 15.5. The topological polar surface area (TPSA) is 69.7 Å². The standard InChI is InChI=1S/C18H15IO5/c1-10-12(17(21)23-2)9-13(18(22)24-3)14(15(10)19)16(20)11-7-5-4-6-8-11/h4-9H,1-3H3. The zero-order valence-electron chi connectivity index (χ0n) is 13.4. The summed E-state index contributed by atoms with van der Waals surface area (Å²) in [5.41, 5.74) is 1.52. The Hall–Kier alpha value is -2.22. The molecule has 2 aromatic carbocycles. The predicted octanol–water partition coefficient (Wildman–Crippen LogP) is 3.40. The van der Waals surface area contributed by atoms with Gasteiger partial charge in [0.2, 0.25) is 0 Å². The highest BCUT2D eigenvalue weighted by Crippen LogP contribution is 2.28. The third kappa shape index (κ3) is 3.33. The summed E-state index contributed by atoms with van der Waals surface area (Å²) in [6.07, 6.45) is 0. The third-order valence-corrected chi connectivity index (χ3v) is 4.93. The number of halogens is 1. The van der Waals surface area contributed by atoms with Crippen molar-refractivity contribution in [1.82, 2.24) is 0 Å². The molecule has 6 heteroatoms. The monoisotopic (exact) mass is 438 g/mol. The Labute approximate surface area is 153 Å². The third-order valence-electron chi connectivity index (χ3n) is 3.58. The molecule has 0 aliphatic carbocycles. The van der Waals surface area contributed by atoms with Gasteiger partial charge < -0.3 is 9.47 Å². The number of ketones is 1. The van der Waals surface area contributed by atoms with Gasteiger partial charge in [0, 0.05) is 9.13 Å². The van der Waals surface area contributed by atoms with E-state index in [2.05, 4.69) is 0 Å². The van der Waals surface area contributed by atoms with Crippen molar-refractivity contribution in [2.24, 2.45) is 0 Å². The van der Waals surface area contributed by atoms with Crippen LogP contribution >= 0.6 is 22.6 Å². The highest BCUT2D eigenvalue weighted by molar-refractivity contribution is 14.1. The van der Waals surface area contributed by atoms with E-state index >= 15 is 0 Å². The Kier molecular flexibility index (Phi) is 5.71. The number of hydrogen-bond donors (Lipinski definition) is 0. The van der Waals surface area contributed by atoms with E-state index in [9.17, 15) is 14.4 Å². The van der Waals surface area contributed by atoms with Crippen LogP contribution in [0.5, 0.6) is 0 Å². The van der Waals surface area contributed by atoms with Crippen LogP contribution in [-0.4, -0.2) is 31.9 Å². The average Bonchev–Trinajstić information content (AvgIpc) is 2.62. The van der Waals surface area contributed by atoms with Crippen molar-refractivity contribution in [3.8, 4) is 0 Å². The van der Waals surface area contributed by atoms with Crippen molar-refractivity contribution in [2.75, 3.05) is 14.2 Å². The average molecular weight is 438 g/mol. The fourth-order valence-corrected chi connectivity index (χ4v) is 3.12. The number of carbonyl (C=O) groups is 3. The molecule has 0 aliphatic heterocycles. The van der Waals surface area contributed by atoms with E-state index in [1.165, 1.54) is 20.3 Å². The smallest absolute Gasteiger partial charge is 0.338 e. The van der Waals surface area contributed by atoms with Gasteiger partial charge in [0.15, 0.2) is 5.78 Å². The summed E-state index contributed by atoms with van der Waals surface area (Å²) in [5, 5.41) is 0. The summed E-state index contributed by atoms with van der Waals surface area (Å²) in [7, 11) is 2.49. The number of ether oxygens (including phenoxy) is 2. The number of rotatable bonds is 4. The summed E-state index contributed by atoms with van der Waals surface area (Å²) in [5.74, 6) is -1.56. The van der Waals surface area contributed by atoms with E-state index in [4.69, 9.17) is 9.47 Å². The molecular formula is C18H15IO5. The van der Waals surface area contributed by atoms with Crippen LogP contribution in [0.2, 0.25) is 0 Å². The first kappa shape index (κ1) is 18.1. The van der Waals surface area contributed by atoms with Crippen LogP contribution in [0.3, 0.4) is 0 Å². The van der Waals surface area contributed by atoms with Crippen LogP contribution in [0, 0.1) is 10.5 Å². The molecule has 0 bridgehead atoms. The minimum absolute atomic E-state index is 0.0433. The van der Waals surface area contributed by atoms with Crippen LogP contribution in [0.25, 0.3) is 0 Å². The Morgan fingerprint density at radius 2 is 1.46 bits per heavy atom. The normalized spacial score (nSPS) is 10.2. The molecule has 24 heavy (non-hydrogen) atoms. The van der Waals surface area contributed by atoms with Gasteiger partial charge in [-0.2, -0.15) is 0 Å². The Balaban J connectivity index is 2.75. The molecule has 0 aliphatic rings. The molecule has 2 aromatic rings. The highest BCUT2D eigenvalue weighted by Gasteiger charge is 2.27. The Morgan fingerprint density at radius 1 is 0.917 bits per heavy atom. The van der Waals surface area contributed by atoms with Gasteiger partial charge in [-0.1, -0.05) is 30.3 Å². The van der Waals surface area contributed by atoms with Gasteiger partial charge in [0.1, 0.15) is 0 Å². The molecule has 0 atom stereocenters. The fraction of sp³-hybridized carbons (Fsp3) is 0.167. The van der Waals surface area contributed by atoms with Crippen molar-refractivity contribution in [3.63, 3.8) is 0 Å². The Morgan fingerprint density at radius 3 is 2.00 bits per heavy atom. The van der Waals surface area contributed by atoms with E-state index < -0.39 is 11.9 Å². The molecule has 0 saturated heterocycles. The number of esters is 2. The van der Waals surface area contributed by atoms with Crippen molar-refractivity contribution < 1.29 is 23.9 Å². The summed E-state index contributed by atoms with van der Waals surface area (Å²) < 4.78 is 10.0. The zero-order chi connectivity index (χ0) is 17.9. The second-order valence-electron chi connectivity index (χ2n) is 4.96. The van der Waals surface area contributed by atoms with Crippen LogP contribution in [0.1, 0.15) is 42.2 Å². The van der Waals surface area contributed by atoms with Gasteiger partial charge in [-0.05, 0) is 41.1 Å². The van der Waals surface area contributed by atoms with Crippen LogP contribution in [-0.2, 0) is 9.47 Å². The molecule has 0 heterocycles. The lowest BCUT2D eigenvalue weighted by Crippen LogP contribution is -2.17. The number of carbonyl (C=O) groups excluding carboxylic acids is 3. The molecule has 0 N–H and O–H groups in total. The maximum absolute atomic E-state index is 12.9. The van der Waals surface area contributed by atoms with Gasteiger partial charge in [-0.25, -0.2) is 9.59 Å². The number of hydrogen-bond acceptors (Lipinski definition) is 5. The molecule has 0 radical (unpaired) electrons. The van der Waals surface area contributed by atoms with Gasteiger partial charge >= 0.3 is 11.9 Å². The molecule has 0 spiro atoms. The quantitative estimate of drug-likeness (QED) is 0.416. The lowest BCUT2D eigenvalue weighted by atomic mass is 9.93. The summed E-state index contributed by atoms with van der Waals surface area (Å²) in [4.78, 5) is 37.0. The van der Waals surface area contributed by atoms with Crippen molar-refractivity contribution in [3.05, 3.63) is 67.8 Å².